The molecule has 1 saturated heterocycles. The average Bonchev–Trinajstić information content (AvgIpc) is 2.33. The van der Waals surface area contributed by atoms with Crippen LogP contribution in [0.25, 0.3) is 0 Å². The van der Waals surface area contributed by atoms with Crippen LogP contribution in [0.5, 0.6) is 0 Å². The standard InChI is InChI=1S/C15H32N2O/c1-6-15(7-2,11-16-8-3)12-17-9-13(4)18-14(5)10-17/h13-14,16H,6-12H2,1-5H3. The molecule has 0 aromatic carbocycles. The molecule has 0 aromatic rings. The van der Waals surface area contributed by atoms with Crippen LogP contribution in [0.3, 0.4) is 0 Å². The van der Waals surface area contributed by atoms with Gasteiger partial charge in [-0.15, -0.1) is 0 Å². The maximum atomic E-state index is 5.82. The monoisotopic (exact) mass is 256 g/mol. The highest BCUT2D eigenvalue weighted by Crippen LogP contribution is 2.28. The molecule has 1 fully saturated rings. The zero-order valence-corrected chi connectivity index (χ0v) is 13.0. The fraction of sp³-hybridized carbons (Fsp3) is 1.00. The van der Waals surface area contributed by atoms with Crippen molar-refractivity contribution in [2.75, 3.05) is 32.7 Å². The van der Waals surface area contributed by atoms with Gasteiger partial charge in [-0.1, -0.05) is 20.8 Å². The lowest BCUT2D eigenvalue weighted by atomic mass is 9.81. The smallest absolute Gasteiger partial charge is 0.0678 e. The van der Waals surface area contributed by atoms with Gasteiger partial charge in [0.05, 0.1) is 12.2 Å². The Kier molecular flexibility index (Phi) is 6.61. The van der Waals surface area contributed by atoms with Gasteiger partial charge in [-0.05, 0) is 38.6 Å². The zero-order valence-electron chi connectivity index (χ0n) is 13.0. The first-order valence-corrected chi connectivity index (χ1v) is 7.63. The molecule has 0 saturated carbocycles. The van der Waals surface area contributed by atoms with E-state index in [1.54, 1.807) is 0 Å². The van der Waals surface area contributed by atoms with E-state index in [1.165, 1.54) is 19.4 Å². The summed E-state index contributed by atoms with van der Waals surface area (Å²) in [5.74, 6) is 0. The van der Waals surface area contributed by atoms with Gasteiger partial charge in [0.2, 0.25) is 0 Å². The van der Waals surface area contributed by atoms with E-state index < -0.39 is 0 Å². The summed E-state index contributed by atoms with van der Waals surface area (Å²) in [6, 6.07) is 0. The largest absolute Gasteiger partial charge is 0.373 e. The predicted octanol–water partition coefficient (Wildman–Crippen LogP) is 2.51. The molecule has 3 nitrogen and oxygen atoms in total. The van der Waals surface area contributed by atoms with E-state index in [0.29, 0.717) is 17.6 Å². The molecule has 0 spiro atoms. The average molecular weight is 256 g/mol. The highest BCUT2D eigenvalue weighted by Gasteiger charge is 2.31. The van der Waals surface area contributed by atoms with E-state index in [4.69, 9.17) is 4.74 Å². The summed E-state index contributed by atoms with van der Waals surface area (Å²) in [4.78, 5) is 2.60. The Bertz CT molecular complexity index is 219. The maximum absolute atomic E-state index is 5.82. The molecule has 1 heterocycles. The van der Waals surface area contributed by atoms with Gasteiger partial charge in [0.25, 0.3) is 0 Å². The zero-order chi connectivity index (χ0) is 13.6. The number of hydrogen-bond donors (Lipinski definition) is 1. The van der Waals surface area contributed by atoms with Gasteiger partial charge in [0, 0.05) is 26.2 Å². The van der Waals surface area contributed by atoms with Gasteiger partial charge >= 0.3 is 0 Å². The molecule has 0 radical (unpaired) electrons. The highest BCUT2D eigenvalue weighted by atomic mass is 16.5. The molecule has 1 rings (SSSR count). The number of ether oxygens (including phenoxy) is 1. The Morgan fingerprint density at radius 2 is 1.67 bits per heavy atom. The molecule has 1 N–H and O–H groups in total. The number of hydrogen-bond acceptors (Lipinski definition) is 3. The molecule has 0 amide bonds. The van der Waals surface area contributed by atoms with E-state index in [-0.39, 0.29) is 0 Å². The van der Waals surface area contributed by atoms with Crippen LogP contribution >= 0.6 is 0 Å². The summed E-state index contributed by atoms with van der Waals surface area (Å²) in [7, 11) is 0. The van der Waals surface area contributed by atoms with Crippen molar-refractivity contribution in [2.45, 2.75) is 59.7 Å². The van der Waals surface area contributed by atoms with Crippen LogP contribution in [0.15, 0.2) is 0 Å². The van der Waals surface area contributed by atoms with Crippen LogP contribution in [0.4, 0.5) is 0 Å². The van der Waals surface area contributed by atoms with E-state index in [1.807, 2.05) is 0 Å². The fourth-order valence-corrected chi connectivity index (χ4v) is 3.06. The summed E-state index contributed by atoms with van der Waals surface area (Å²) in [5, 5.41) is 3.55. The Morgan fingerprint density at radius 1 is 1.11 bits per heavy atom. The van der Waals surface area contributed by atoms with Crippen LogP contribution in [-0.2, 0) is 4.74 Å². The first kappa shape index (κ1) is 15.9. The second-order valence-corrected chi connectivity index (χ2v) is 5.94. The number of rotatable bonds is 7. The number of nitrogens with one attached hydrogen (secondary N) is 1. The first-order chi connectivity index (χ1) is 8.55. The Morgan fingerprint density at radius 3 is 2.11 bits per heavy atom. The summed E-state index contributed by atoms with van der Waals surface area (Å²) in [6.07, 6.45) is 3.24. The van der Waals surface area contributed by atoms with Crippen LogP contribution < -0.4 is 5.32 Å². The third kappa shape index (κ3) is 4.52. The molecule has 2 atom stereocenters. The molecule has 108 valence electrons. The Balaban J connectivity index is 2.58. The minimum atomic E-state index is 0.374. The molecular formula is C15H32N2O. The summed E-state index contributed by atoms with van der Waals surface area (Å²) >= 11 is 0. The van der Waals surface area contributed by atoms with Crippen LogP contribution in [0.1, 0.15) is 47.5 Å². The molecule has 0 aliphatic carbocycles. The molecular weight excluding hydrogens is 224 g/mol. The van der Waals surface area contributed by atoms with E-state index in [2.05, 4.69) is 44.8 Å². The molecule has 0 aromatic heterocycles. The molecule has 1 aliphatic heterocycles. The predicted molar refractivity (Wildman–Crippen MR) is 78.0 cm³/mol. The lowest BCUT2D eigenvalue weighted by Gasteiger charge is -2.42. The SMILES string of the molecule is CCNCC(CC)(CC)CN1CC(C)OC(C)C1. The number of morpholine rings is 1. The number of nitrogens with zero attached hydrogens (tertiary/aromatic N) is 1. The molecule has 1 aliphatic rings. The van der Waals surface area contributed by atoms with Crippen molar-refractivity contribution in [3.8, 4) is 0 Å². The third-order valence-electron chi connectivity index (χ3n) is 4.30. The van der Waals surface area contributed by atoms with Gasteiger partial charge in [0.15, 0.2) is 0 Å². The quantitative estimate of drug-likeness (QED) is 0.757. The van der Waals surface area contributed by atoms with Crippen LogP contribution in [0, 0.1) is 5.41 Å². The normalized spacial score (nSPS) is 26.5. The van der Waals surface area contributed by atoms with E-state index >= 15 is 0 Å². The topological polar surface area (TPSA) is 24.5 Å². The van der Waals surface area contributed by atoms with Crippen molar-refractivity contribution in [3.05, 3.63) is 0 Å². The summed E-state index contributed by atoms with van der Waals surface area (Å²) < 4.78 is 5.82. The van der Waals surface area contributed by atoms with Gasteiger partial charge in [0.1, 0.15) is 0 Å². The lowest BCUT2D eigenvalue weighted by molar-refractivity contribution is -0.0783. The minimum absolute atomic E-state index is 0.374. The second-order valence-electron chi connectivity index (χ2n) is 5.94. The van der Waals surface area contributed by atoms with Gasteiger partial charge in [-0.2, -0.15) is 0 Å². The van der Waals surface area contributed by atoms with E-state index in [9.17, 15) is 0 Å². The second kappa shape index (κ2) is 7.46. The minimum Gasteiger partial charge on any atom is -0.373 e. The van der Waals surface area contributed by atoms with Crippen LogP contribution in [0.2, 0.25) is 0 Å². The van der Waals surface area contributed by atoms with Crippen LogP contribution in [-0.4, -0.2) is 49.8 Å². The third-order valence-corrected chi connectivity index (χ3v) is 4.30. The summed E-state index contributed by atoms with van der Waals surface area (Å²) in [5.41, 5.74) is 0.423. The van der Waals surface area contributed by atoms with Crippen molar-refractivity contribution in [3.63, 3.8) is 0 Å². The van der Waals surface area contributed by atoms with Crippen molar-refractivity contribution < 1.29 is 4.74 Å². The van der Waals surface area contributed by atoms with Crippen molar-refractivity contribution in [2.24, 2.45) is 5.41 Å². The fourth-order valence-electron chi connectivity index (χ4n) is 3.06. The molecule has 18 heavy (non-hydrogen) atoms. The Labute approximate surface area is 113 Å². The molecule has 0 bridgehead atoms. The van der Waals surface area contributed by atoms with Crippen molar-refractivity contribution >= 4 is 0 Å². The van der Waals surface area contributed by atoms with Gasteiger partial charge in [-0.25, -0.2) is 0 Å². The van der Waals surface area contributed by atoms with Gasteiger partial charge in [-0.3, -0.25) is 4.90 Å². The highest BCUT2D eigenvalue weighted by molar-refractivity contribution is 4.85. The van der Waals surface area contributed by atoms with E-state index in [0.717, 1.165) is 26.2 Å². The first-order valence-electron chi connectivity index (χ1n) is 7.63. The molecule has 3 heteroatoms. The summed E-state index contributed by atoms with van der Waals surface area (Å²) in [6.45, 7) is 16.8. The lowest BCUT2D eigenvalue weighted by Crippen LogP contribution is -2.51. The maximum Gasteiger partial charge on any atom is 0.0678 e. The Hall–Kier alpha value is -0.120. The van der Waals surface area contributed by atoms with Crippen molar-refractivity contribution in [1.29, 1.82) is 0 Å². The van der Waals surface area contributed by atoms with Crippen molar-refractivity contribution in [1.82, 2.24) is 10.2 Å². The molecule has 2 unspecified atom stereocenters. The van der Waals surface area contributed by atoms with Gasteiger partial charge < -0.3 is 10.1 Å².